The number of aliphatic hydroxyl groups is 1. The second-order valence-electron chi connectivity index (χ2n) is 6.01. The minimum Gasteiger partial charge on any atom is -0.396 e. The molecule has 0 radical (unpaired) electrons. The van der Waals surface area contributed by atoms with Crippen LogP contribution in [0, 0.1) is 5.92 Å². The van der Waals surface area contributed by atoms with Crippen molar-refractivity contribution in [3.63, 3.8) is 0 Å². The highest BCUT2D eigenvalue weighted by Gasteiger charge is 2.26. The van der Waals surface area contributed by atoms with E-state index in [4.69, 9.17) is 16.7 Å². The molecule has 1 saturated carbocycles. The Morgan fingerprint density at radius 3 is 2.90 bits per heavy atom. The highest BCUT2D eigenvalue weighted by molar-refractivity contribution is 6.31. The first-order valence-electron chi connectivity index (χ1n) is 7.64. The normalized spacial score (nSPS) is 22.5. The number of hydrogen-bond donors (Lipinski definition) is 2. The van der Waals surface area contributed by atoms with Gasteiger partial charge in [0.25, 0.3) is 0 Å². The summed E-state index contributed by atoms with van der Waals surface area (Å²) in [7, 11) is 0. The maximum Gasteiger partial charge on any atom is 0.0471 e. The maximum absolute atomic E-state index is 9.08. The predicted octanol–water partition coefficient (Wildman–Crippen LogP) is 2.80. The molecule has 1 aliphatic carbocycles. The summed E-state index contributed by atoms with van der Waals surface area (Å²) < 4.78 is 0. The first kappa shape index (κ1) is 14.2. The quantitative estimate of drug-likeness (QED) is 0.847. The van der Waals surface area contributed by atoms with Crippen LogP contribution in [0.4, 0.5) is 5.69 Å². The SMILES string of the molecule is OCCC1CCN(c2cccc(Cl)c2CNC2CC2)C1. The van der Waals surface area contributed by atoms with Crippen LogP contribution in [-0.2, 0) is 6.54 Å². The summed E-state index contributed by atoms with van der Waals surface area (Å²) in [6.07, 6.45) is 4.67. The first-order chi connectivity index (χ1) is 9.78. The average molecular weight is 295 g/mol. The van der Waals surface area contributed by atoms with Crippen molar-refractivity contribution in [2.24, 2.45) is 5.92 Å². The Balaban J connectivity index is 1.72. The van der Waals surface area contributed by atoms with Gasteiger partial charge in [0.2, 0.25) is 0 Å². The fourth-order valence-electron chi connectivity index (χ4n) is 3.02. The van der Waals surface area contributed by atoms with E-state index in [0.29, 0.717) is 18.6 Å². The van der Waals surface area contributed by atoms with Crippen molar-refractivity contribution in [2.75, 3.05) is 24.6 Å². The van der Waals surface area contributed by atoms with Gasteiger partial charge < -0.3 is 15.3 Å². The van der Waals surface area contributed by atoms with E-state index in [2.05, 4.69) is 16.3 Å². The Labute approximate surface area is 125 Å². The predicted molar refractivity (Wildman–Crippen MR) is 83.3 cm³/mol. The molecule has 0 spiro atoms. The molecule has 1 heterocycles. The number of anilines is 1. The second kappa shape index (κ2) is 6.33. The van der Waals surface area contributed by atoms with Crippen molar-refractivity contribution >= 4 is 17.3 Å². The van der Waals surface area contributed by atoms with Crippen LogP contribution in [0.25, 0.3) is 0 Å². The molecule has 3 rings (SSSR count). The number of aliphatic hydroxyl groups excluding tert-OH is 1. The molecule has 1 aromatic rings. The van der Waals surface area contributed by atoms with Gasteiger partial charge in [-0.05, 0) is 43.7 Å². The summed E-state index contributed by atoms with van der Waals surface area (Å²) in [4.78, 5) is 2.43. The molecule has 4 heteroatoms. The lowest BCUT2D eigenvalue weighted by molar-refractivity contribution is 0.263. The van der Waals surface area contributed by atoms with Crippen molar-refractivity contribution in [3.8, 4) is 0 Å². The Morgan fingerprint density at radius 2 is 2.15 bits per heavy atom. The van der Waals surface area contributed by atoms with E-state index in [1.807, 2.05) is 12.1 Å². The number of rotatable bonds is 6. The van der Waals surface area contributed by atoms with E-state index in [9.17, 15) is 0 Å². The molecule has 0 amide bonds. The smallest absolute Gasteiger partial charge is 0.0471 e. The Kier molecular flexibility index (Phi) is 4.49. The molecule has 2 aliphatic rings. The minimum atomic E-state index is 0.296. The molecule has 1 saturated heterocycles. The fraction of sp³-hybridized carbons (Fsp3) is 0.625. The van der Waals surface area contributed by atoms with Crippen molar-refractivity contribution in [1.29, 1.82) is 0 Å². The number of hydrogen-bond acceptors (Lipinski definition) is 3. The lowest BCUT2D eigenvalue weighted by Gasteiger charge is -2.23. The maximum atomic E-state index is 9.08. The third-order valence-corrected chi connectivity index (χ3v) is 4.76. The monoisotopic (exact) mass is 294 g/mol. The molecule has 3 nitrogen and oxygen atoms in total. The highest BCUT2D eigenvalue weighted by Crippen LogP contribution is 2.33. The summed E-state index contributed by atoms with van der Waals surface area (Å²) in [5.41, 5.74) is 2.50. The van der Waals surface area contributed by atoms with Crippen LogP contribution in [0.15, 0.2) is 18.2 Å². The largest absolute Gasteiger partial charge is 0.396 e. The molecular formula is C16H23ClN2O. The van der Waals surface area contributed by atoms with Crippen LogP contribution in [0.5, 0.6) is 0 Å². The Morgan fingerprint density at radius 1 is 1.30 bits per heavy atom. The number of nitrogens with zero attached hydrogens (tertiary/aromatic N) is 1. The summed E-state index contributed by atoms with van der Waals surface area (Å²) in [5, 5.41) is 13.5. The average Bonchev–Trinajstić information content (AvgIpc) is 3.16. The topological polar surface area (TPSA) is 35.5 Å². The van der Waals surface area contributed by atoms with Crippen molar-refractivity contribution < 1.29 is 5.11 Å². The molecule has 2 N–H and O–H groups in total. The van der Waals surface area contributed by atoms with Gasteiger partial charge in [-0.2, -0.15) is 0 Å². The van der Waals surface area contributed by atoms with Gasteiger partial charge in [0, 0.05) is 48.6 Å². The van der Waals surface area contributed by atoms with Crippen LogP contribution in [0.2, 0.25) is 5.02 Å². The van der Waals surface area contributed by atoms with Crippen LogP contribution < -0.4 is 10.2 Å². The van der Waals surface area contributed by atoms with Crippen molar-refractivity contribution in [1.82, 2.24) is 5.32 Å². The van der Waals surface area contributed by atoms with E-state index in [-0.39, 0.29) is 0 Å². The van der Waals surface area contributed by atoms with Gasteiger partial charge in [0.05, 0.1) is 0 Å². The van der Waals surface area contributed by atoms with Gasteiger partial charge in [-0.1, -0.05) is 17.7 Å². The third-order valence-electron chi connectivity index (χ3n) is 4.40. The van der Waals surface area contributed by atoms with Gasteiger partial charge in [-0.25, -0.2) is 0 Å². The zero-order valence-corrected chi connectivity index (χ0v) is 12.6. The summed E-state index contributed by atoms with van der Waals surface area (Å²) in [6, 6.07) is 6.89. The lowest BCUT2D eigenvalue weighted by atomic mass is 10.1. The van der Waals surface area contributed by atoms with E-state index < -0.39 is 0 Å². The Bertz CT molecular complexity index is 462. The second-order valence-corrected chi connectivity index (χ2v) is 6.41. The zero-order chi connectivity index (χ0) is 13.9. The van der Waals surface area contributed by atoms with Gasteiger partial charge in [0.15, 0.2) is 0 Å². The van der Waals surface area contributed by atoms with Crippen LogP contribution in [-0.4, -0.2) is 30.8 Å². The molecule has 1 unspecified atom stereocenters. The lowest BCUT2D eigenvalue weighted by Crippen LogP contribution is -2.24. The number of nitrogens with one attached hydrogen (secondary N) is 1. The molecule has 0 bridgehead atoms. The molecule has 20 heavy (non-hydrogen) atoms. The van der Waals surface area contributed by atoms with E-state index in [0.717, 1.165) is 31.1 Å². The first-order valence-corrected chi connectivity index (χ1v) is 8.02. The van der Waals surface area contributed by atoms with E-state index in [1.165, 1.54) is 30.5 Å². The summed E-state index contributed by atoms with van der Waals surface area (Å²) in [5.74, 6) is 0.614. The molecule has 110 valence electrons. The molecule has 1 aromatic carbocycles. The van der Waals surface area contributed by atoms with Gasteiger partial charge in [-0.3, -0.25) is 0 Å². The van der Waals surface area contributed by atoms with Crippen LogP contribution in [0.3, 0.4) is 0 Å². The van der Waals surface area contributed by atoms with Gasteiger partial charge in [-0.15, -0.1) is 0 Å². The molecule has 0 aromatic heterocycles. The molecular weight excluding hydrogens is 272 g/mol. The van der Waals surface area contributed by atoms with Crippen LogP contribution >= 0.6 is 11.6 Å². The highest BCUT2D eigenvalue weighted by atomic mass is 35.5. The molecule has 1 aliphatic heterocycles. The fourth-order valence-corrected chi connectivity index (χ4v) is 3.26. The molecule has 1 atom stereocenters. The number of benzene rings is 1. The summed E-state index contributed by atoms with van der Waals surface area (Å²) >= 11 is 6.40. The standard InChI is InChI=1S/C16H23ClN2O/c17-15-2-1-3-16(14(15)10-18-13-4-5-13)19-8-6-12(11-19)7-9-20/h1-3,12-13,18,20H,4-11H2. The van der Waals surface area contributed by atoms with Gasteiger partial charge >= 0.3 is 0 Å². The zero-order valence-electron chi connectivity index (χ0n) is 11.8. The van der Waals surface area contributed by atoms with E-state index in [1.54, 1.807) is 0 Å². The molecule has 2 fully saturated rings. The third kappa shape index (κ3) is 3.27. The van der Waals surface area contributed by atoms with Crippen LogP contribution in [0.1, 0.15) is 31.2 Å². The number of halogens is 1. The minimum absolute atomic E-state index is 0.296. The Hall–Kier alpha value is -0.770. The van der Waals surface area contributed by atoms with Crippen molar-refractivity contribution in [3.05, 3.63) is 28.8 Å². The van der Waals surface area contributed by atoms with Gasteiger partial charge in [0.1, 0.15) is 0 Å². The summed E-state index contributed by atoms with van der Waals surface area (Å²) in [6.45, 7) is 3.27. The van der Waals surface area contributed by atoms with E-state index >= 15 is 0 Å². The van der Waals surface area contributed by atoms with Crippen molar-refractivity contribution in [2.45, 2.75) is 38.3 Å².